The van der Waals surface area contributed by atoms with Crippen molar-refractivity contribution < 1.29 is 4.74 Å². The third-order valence-corrected chi connectivity index (χ3v) is 2.49. The molecule has 1 aromatic heterocycles. The van der Waals surface area contributed by atoms with E-state index >= 15 is 0 Å². The highest BCUT2D eigenvalue weighted by Gasteiger charge is 1.91. The molecule has 2 nitrogen and oxygen atoms in total. The molecule has 1 N–H and O–H groups in total. The van der Waals surface area contributed by atoms with Crippen LogP contribution in [0, 0.1) is 0 Å². The van der Waals surface area contributed by atoms with Crippen LogP contribution in [-0.2, 0) is 11.3 Å². The highest BCUT2D eigenvalue weighted by atomic mass is 32.1. The molecule has 1 rings (SSSR count). The lowest BCUT2D eigenvalue weighted by molar-refractivity contribution is 0.244. The van der Waals surface area contributed by atoms with Gasteiger partial charge in [-0.25, -0.2) is 0 Å². The zero-order valence-electron chi connectivity index (χ0n) is 7.66. The molecule has 0 saturated carbocycles. The summed E-state index contributed by atoms with van der Waals surface area (Å²) in [7, 11) is 0. The van der Waals surface area contributed by atoms with Gasteiger partial charge in [-0.15, -0.1) is 11.3 Å². The van der Waals surface area contributed by atoms with Gasteiger partial charge in [0.05, 0.1) is 12.9 Å². The number of rotatable bonds is 7. The Bertz CT molecular complexity index is 221. The molecule has 13 heavy (non-hydrogen) atoms. The topological polar surface area (TPSA) is 21.3 Å². The predicted octanol–water partition coefficient (Wildman–Crippen LogP) is 2.39. The molecule has 0 fully saturated rings. The largest absolute Gasteiger partial charge is 0.502 e. The summed E-state index contributed by atoms with van der Waals surface area (Å²) in [6.45, 7) is 6.18. The molecule has 3 heteroatoms. The van der Waals surface area contributed by atoms with E-state index in [9.17, 15) is 0 Å². The Labute approximate surface area is 83.2 Å². The van der Waals surface area contributed by atoms with Crippen LogP contribution in [0.2, 0.25) is 0 Å². The fraction of sp³-hybridized carbons (Fsp3) is 0.400. The van der Waals surface area contributed by atoms with Crippen LogP contribution < -0.4 is 5.32 Å². The number of hydrogen-bond acceptors (Lipinski definition) is 3. The molecule has 0 atom stereocenters. The van der Waals surface area contributed by atoms with Gasteiger partial charge in [0.15, 0.2) is 0 Å². The molecule has 0 radical (unpaired) electrons. The first-order valence-electron chi connectivity index (χ1n) is 4.39. The van der Waals surface area contributed by atoms with Crippen LogP contribution in [0.1, 0.15) is 11.3 Å². The van der Waals surface area contributed by atoms with Gasteiger partial charge in [-0.2, -0.15) is 0 Å². The van der Waals surface area contributed by atoms with Crippen molar-refractivity contribution in [2.45, 2.75) is 13.0 Å². The first kappa shape index (κ1) is 10.3. The number of hydrogen-bond donors (Lipinski definition) is 1. The van der Waals surface area contributed by atoms with Crippen LogP contribution in [0.15, 0.2) is 30.4 Å². The Morgan fingerprint density at radius 2 is 2.54 bits per heavy atom. The second-order valence-electron chi connectivity index (χ2n) is 2.65. The van der Waals surface area contributed by atoms with E-state index in [4.69, 9.17) is 4.74 Å². The minimum absolute atomic E-state index is 0.751. The van der Waals surface area contributed by atoms with E-state index in [1.165, 1.54) is 11.1 Å². The van der Waals surface area contributed by atoms with Gasteiger partial charge in [-0.05, 0) is 24.4 Å². The van der Waals surface area contributed by atoms with E-state index in [0.29, 0.717) is 0 Å². The molecule has 0 saturated heterocycles. The van der Waals surface area contributed by atoms with Crippen molar-refractivity contribution in [1.82, 2.24) is 5.32 Å². The zero-order chi connectivity index (χ0) is 9.36. The van der Waals surface area contributed by atoms with Crippen molar-refractivity contribution in [2.75, 3.05) is 13.2 Å². The van der Waals surface area contributed by atoms with Crippen LogP contribution in [0.25, 0.3) is 0 Å². The maximum absolute atomic E-state index is 5.00. The smallest absolute Gasteiger partial charge is 0.0885 e. The van der Waals surface area contributed by atoms with E-state index in [0.717, 1.165) is 26.1 Å². The molecular formula is C10H15NOS. The van der Waals surface area contributed by atoms with Crippen molar-refractivity contribution in [2.24, 2.45) is 0 Å². The summed E-state index contributed by atoms with van der Waals surface area (Å²) in [5.41, 5.74) is 0. The Hall–Kier alpha value is -0.800. The van der Waals surface area contributed by atoms with Gasteiger partial charge in [0.25, 0.3) is 0 Å². The number of nitrogens with one attached hydrogen (secondary N) is 1. The van der Waals surface area contributed by atoms with Gasteiger partial charge in [-0.1, -0.05) is 12.6 Å². The fourth-order valence-electron chi connectivity index (χ4n) is 0.989. The predicted molar refractivity (Wildman–Crippen MR) is 56.8 cm³/mol. The van der Waals surface area contributed by atoms with E-state index in [1.54, 1.807) is 11.3 Å². The SMILES string of the molecule is C=COCCCNCc1cccs1. The average Bonchev–Trinajstić information content (AvgIpc) is 2.63. The van der Waals surface area contributed by atoms with Gasteiger partial charge >= 0.3 is 0 Å². The summed E-state index contributed by atoms with van der Waals surface area (Å²) >= 11 is 1.78. The minimum Gasteiger partial charge on any atom is -0.502 e. The maximum Gasteiger partial charge on any atom is 0.0885 e. The molecule has 0 bridgehead atoms. The summed E-state index contributed by atoms with van der Waals surface area (Å²) in [6, 6.07) is 4.21. The Morgan fingerprint density at radius 1 is 1.62 bits per heavy atom. The summed E-state index contributed by atoms with van der Waals surface area (Å²) in [5.74, 6) is 0. The summed E-state index contributed by atoms with van der Waals surface area (Å²) in [4.78, 5) is 1.38. The molecule has 0 aliphatic rings. The Kier molecular flexibility index (Phi) is 5.29. The standard InChI is InChI=1S/C10H15NOS/c1-2-12-7-4-6-11-9-10-5-3-8-13-10/h2-3,5,8,11H,1,4,6-7,9H2. The summed E-state index contributed by atoms with van der Waals surface area (Å²) < 4.78 is 5.00. The molecule has 1 heterocycles. The molecular weight excluding hydrogens is 182 g/mol. The van der Waals surface area contributed by atoms with Crippen LogP contribution in [-0.4, -0.2) is 13.2 Å². The van der Waals surface area contributed by atoms with E-state index in [-0.39, 0.29) is 0 Å². The normalized spacial score (nSPS) is 9.85. The van der Waals surface area contributed by atoms with Gasteiger partial charge in [-0.3, -0.25) is 0 Å². The van der Waals surface area contributed by atoms with E-state index in [1.807, 2.05) is 0 Å². The molecule has 0 aromatic carbocycles. The first-order valence-corrected chi connectivity index (χ1v) is 5.27. The van der Waals surface area contributed by atoms with Gasteiger partial charge in [0.1, 0.15) is 0 Å². The minimum atomic E-state index is 0.751. The van der Waals surface area contributed by atoms with Crippen LogP contribution in [0.5, 0.6) is 0 Å². The zero-order valence-corrected chi connectivity index (χ0v) is 8.48. The number of thiophene rings is 1. The third-order valence-electron chi connectivity index (χ3n) is 1.61. The van der Waals surface area contributed by atoms with Crippen molar-refractivity contribution in [1.29, 1.82) is 0 Å². The quantitative estimate of drug-likeness (QED) is 0.535. The van der Waals surface area contributed by atoms with Crippen molar-refractivity contribution >= 4 is 11.3 Å². The second-order valence-corrected chi connectivity index (χ2v) is 3.68. The number of ether oxygens (including phenoxy) is 1. The van der Waals surface area contributed by atoms with Gasteiger partial charge in [0, 0.05) is 11.4 Å². The Morgan fingerprint density at radius 3 is 3.23 bits per heavy atom. The lowest BCUT2D eigenvalue weighted by Gasteiger charge is -2.02. The summed E-state index contributed by atoms with van der Waals surface area (Å²) in [5, 5.41) is 5.44. The van der Waals surface area contributed by atoms with Gasteiger partial charge < -0.3 is 10.1 Å². The molecule has 72 valence electrons. The second kappa shape index (κ2) is 6.69. The molecule has 0 spiro atoms. The third kappa shape index (κ3) is 4.70. The lowest BCUT2D eigenvalue weighted by atomic mass is 10.4. The average molecular weight is 197 g/mol. The highest BCUT2D eigenvalue weighted by molar-refractivity contribution is 7.09. The molecule has 0 aliphatic heterocycles. The van der Waals surface area contributed by atoms with E-state index in [2.05, 4.69) is 29.4 Å². The highest BCUT2D eigenvalue weighted by Crippen LogP contribution is 2.06. The lowest BCUT2D eigenvalue weighted by Crippen LogP contribution is -2.15. The van der Waals surface area contributed by atoms with E-state index < -0.39 is 0 Å². The fourth-order valence-corrected chi connectivity index (χ4v) is 1.66. The monoisotopic (exact) mass is 197 g/mol. The Balaban J connectivity index is 1.93. The molecule has 0 amide bonds. The van der Waals surface area contributed by atoms with Crippen molar-refractivity contribution in [3.63, 3.8) is 0 Å². The molecule has 0 aliphatic carbocycles. The van der Waals surface area contributed by atoms with Crippen molar-refractivity contribution in [3.8, 4) is 0 Å². The van der Waals surface area contributed by atoms with Crippen LogP contribution in [0.4, 0.5) is 0 Å². The maximum atomic E-state index is 5.00. The van der Waals surface area contributed by atoms with Crippen LogP contribution in [0.3, 0.4) is 0 Å². The first-order chi connectivity index (χ1) is 6.43. The van der Waals surface area contributed by atoms with Crippen molar-refractivity contribution in [3.05, 3.63) is 35.2 Å². The van der Waals surface area contributed by atoms with Crippen LogP contribution >= 0.6 is 11.3 Å². The molecule has 1 aromatic rings. The van der Waals surface area contributed by atoms with Gasteiger partial charge in [0.2, 0.25) is 0 Å². The summed E-state index contributed by atoms with van der Waals surface area (Å²) in [6.07, 6.45) is 2.51. The molecule has 0 unspecified atom stereocenters.